The van der Waals surface area contributed by atoms with Crippen LogP contribution in [0.1, 0.15) is 12.2 Å². The highest BCUT2D eigenvalue weighted by Crippen LogP contribution is 2.28. The summed E-state index contributed by atoms with van der Waals surface area (Å²) in [5.74, 6) is 0.590. The van der Waals surface area contributed by atoms with Crippen LogP contribution < -0.4 is 10.6 Å². The maximum absolute atomic E-state index is 12.2. The molecule has 1 fully saturated rings. The van der Waals surface area contributed by atoms with E-state index in [4.69, 9.17) is 16.0 Å². The average molecular weight is 453 g/mol. The maximum atomic E-state index is 12.2. The van der Waals surface area contributed by atoms with Gasteiger partial charge in [-0.2, -0.15) is 5.10 Å². The van der Waals surface area contributed by atoms with Crippen molar-refractivity contribution in [2.45, 2.75) is 11.7 Å². The minimum absolute atomic E-state index is 0.0352. The van der Waals surface area contributed by atoms with Gasteiger partial charge >= 0.3 is 0 Å². The zero-order valence-corrected chi connectivity index (χ0v) is 17.7. The van der Waals surface area contributed by atoms with E-state index in [1.165, 1.54) is 6.21 Å². The number of rotatable bonds is 6. The number of thioether (sulfide) groups is 1. The van der Waals surface area contributed by atoms with Crippen molar-refractivity contribution in [3.63, 3.8) is 0 Å². The monoisotopic (exact) mass is 452 g/mol. The fourth-order valence-electron chi connectivity index (χ4n) is 2.85. The van der Waals surface area contributed by atoms with Gasteiger partial charge in [0.2, 0.25) is 11.8 Å². The Bertz CT molecular complexity index is 1160. The number of benzene rings is 2. The van der Waals surface area contributed by atoms with Gasteiger partial charge < -0.3 is 15.1 Å². The molecule has 3 aromatic rings. The highest BCUT2D eigenvalue weighted by atomic mass is 35.5. The molecule has 0 saturated carbocycles. The smallest absolute Gasteiger partial charge is 0.240 e. The molecule has 1 unspecified atom stereocenters. The van der Waals surface area contributed by atoms with Crippen LogP contribution in [0.15, 0.2) is 81.4 Å². The average Bonchev–Trinajstić information content (AvgIpc) is 3.36. The van der Waals surface area contributed by atoms with E-state index in [1.807, 2.05) is 36.4 Å². The Morgan fingerprint density at radius 2 is 1.90 bits per heavy atom. The van der Waals surface area contributed by atoms with E-state index in [0.717, 1.165) is 17.3 Å². The lowest BCUT2D eigenvalue weighted by molar-refractivity contribution is -0.122. The quantitative estimate of drug-likeness (QED) is 0.423. The molecule has 1 aliphatic heterocycles. The number of nitrogens with one attached hydrogen (secondary N) is 2. The summed E-state index contributed by atoms with van der Waals surface area (Å²) in [6, 6.07) is 20.0. The van der Waals surface area contributed by atoms with Crippen LogP contribution in [-0.4, -0.2) is 28.4 Å². The van der Waals surface area contributed by atoms with Crippen LogP contribution in [0.25, 0.3) is 11.3 Å². The molecule has 0 aliphatic carbocycles. The molecule has 1 aromatic heterocycles. The van der Waals surface area contributed by atoms with Crippen LogP contribution in [0.2, 0.25) is 5.02 Å². The molecular weight excluding hydrogens is 436 g/mol. The van der Waals surface area contributed by atoms with Gasteiger partial charge in [0.15, 0.2) is 5.17 Å². The van der Waals surface area contributed by atoms with E-state index in [1.54, 1.807) is 30.3 Å². The lowest BCUT2D eigenvalue weighted by Crippen LogP contribution is -2.28. The Balaban J connectivity index is 1.34. The van der Waals surface area contributed by atoms with E-state index < -0.39 is 5.25 Å². The molecule has 156 valence electrons. The predicted molar refractivity (Wildman–Crippen MR) is 123 cm³/mol. The fourth-order valence-corrected chi connectivity index (χ4v) is 4.01. The number of amidine groups is 1. The molecule has 0 bridgehead atoms. The number of para-hydroxylation sites is 1. The van der Waals surface area contributed by atoms with E-state index in [0.29, 0.717) is 27.4 Å². The summed E-state index contributed by atoms with van der Waals surface area (Å²) in [5.41, 5.74) is 1.47. The van der Waals surface area contributed by atoms with Crippen molar-refractivity contribution in [3.8, 4) is 11.3 Å². The van der Waals surface area contributed by atoms with E-state index in [9.17, 15) is 9.59 Å². The molecule has 2 N–H and O–H groups in total. The molecule has 0 spiro atoms. The first-order valence-electron chi connectivity index (χ1n) is 9.36. The second-order valence-corrected chi connectivity index (χ2v) is 8.14. The zero-order chi connectivity index (χ0) is 21.6. The van der Waals surface area contributed by atoms with Crippen LogP contribution in [0.3, 0.4) is 0 Å². The van der Waals surface area contributed by atoms with Crippen molar-refractivity contribution in [2.75, 3.05) is 5.32 Å². The van der Waals surface area contributed by atoms with Gasteiger partial charge in [-0.05, 0) is 36.4 Å². The summed E-state index contributed by atoms with van der Waals surface area (Å²) in [7, 11) is 0. The third-order valence-corrected chi connectivity index (χ3v) is 5.71. The molecule has 2 aromatic carbocycles. The molecular formula is C22H17ClN4O3S. The first kappa shape index (κ1) is 20.9. The summed E-state index contributed by atoms with van der Waals surface area (Å²) in [5, 5.41) is 13.7. The summed E-state index contributed by atoms with van der Waals surface area (Å²) in [6.07, 6.45) is 1.48. The Morgan fingerprint density at radius 1 is 1.13 bits per heavy atom. The molecule has 1 atom stereocenters. The zero-order valence-electron chi connectivity index (χ0n) is 16.1. The molecule has 0 radical (unpaired) electrons. The summed E-state index contributed by atoms with van der Waals surface area (Å²) in [4.78, 5) is 24.3. The lowest BCUT2D eigenvalue weighted by Gasteiger charge is -2.06. The predicted octanol–water partition coefficient (Wildman–Crippen LogP) is 4.55. The number of carbonyl (C=O) groups excluding carboxylic acids is 2. The number of hydrogen-bond donors (Lipinski definition) is 2. The Morgan fingerprint density at radius 3 is 2.71 bits per heavy atom. The molecule has 7 nitrogen and oxygen atoms in total. The van der Waals surface area contributed by atoms with Gasteiger partial charge in [0.05, 0.1) is 11.2 Å². The number of anilines is 1. The first-order chi connectivity index (χ1) is 15.1. The summed E-state index contributed by atoms with van der Waals surface area (Å²) in [6.45, 7) is 0. The van der Waals surface area contributed by atoms with Gasteiger partial charge in [0.25, 0.3) is 0 Å². The van der Waals surface area contributed by atoms with Crippen molar-refractivity contribution >= 4 is 52.2 Å². The molecule has 2 heterocycles. The second-order valence-electron chi connectivity index (χ2n) is 6.55. The van der Waals surface area contributed by atoms with Gasteiger partial charge in [-0.1, -0.05) is 53.7 Å². The standard InChI is InChI=1S/C22H17ClN4O3S/c23-17-9-5-4-8-16(17)18-11-10-15(30-18)13-24-27-22-26-21(29)19(31-22)12-20(28)25-14-6-2-1-3-7-14/h1-11,13,19H,12H2,(H,25,28)(H,26,27,29)/b24-13+. The summed E-state index contributed by atoms with van der Waals surface area (Å²) < 4.78 is 5.72. The Hall–Kier alpha value is -3.36. The third-order valence-electron chi connectivity index (χ3n) is 4.30. The van der Waals surface area contributed by atoms with Gasteiger partial charge in [0.1, 0.15) is 16.8 Å². The number of carbonyl (C=O) groups is 2. The molecule has 4 rings (SSSR count). The molecule has 2 amide bonds. The van der Waals surface area contributed by atoms with Crippen LogP contribution >= 0.6 is 23.4 Å². The maximum Gasteiger partial charge on any atom is 0.240 e. The number of nitrogens with zero attached hydrogens (tertiary/aromatic N) is 2. The van der Waals surface area contributed by atoms with Crippen LogP contribution in [0.5, 0.6) is 0 Å². The fraction of sp³-hybridized carbons (Fsp3) is 0.0909. The molecule has 31 heavy (non-hydrogen) atoms. The van der Waals surface area contributed by atoms with Crippen molar-refractivity contribution in [1.29, 1.82) is 0 Å². The van der Waals surface area contributed by atoms with Crippen LogP contribution in [0.4, 0.5) is 5.69 Å². The van der Waals surface area contributed by atoms with E-state index in [2.05, 4.69) is 20.8 Å². The minimum atomic E-state index is -0.562. The van der Waals surface area contributed by atoms with Gasteiger partial charge in [-0.3, -0.25) is 9.59 Å². The highest BCUT2D eigenvalue weighted by molar-refractivity contribution is 8.15. The van der Waals surface area contributed by atoms with Crippen molar-refractivity contribution in [2.24, 2.45) is 10.2 Å². The minimum Gasteiger partial charge on any atom is -0.455 e. The van der Waals surface area contributed by atoms with Crippen molar-refractivity contribution in [3.05, 3.63) is 77.5 Å². The SMILES string of the molecule is O=C(CC1S/C(=N\N=C\c2ccc(-c3ccccc3Cl)o2)NC1=O)Nc1ccccc1. The van der Waals surface area contributed by atoms with Gasteiger partial charge in [0, 0.05) is 17.7 Å². The molecule has 9 heteroatoms. The first-order valence-corrected chi connectivity index (χ1v) is 10.6. The third kappa shape index (κ3) is 5.42. The van der Waals surface area contributed by atoms with E-state index >= 15 is 0 Å². The van der Waals surface area contributed by atoms with Gasteiger partial charge in [-0.15, -0.1) is 5.10 Å². The van der Waals surface area contributed by atoms with Gasteiger partial charge in [-0.25, -0.2) is 0 Å². The topological polar surface area (TPSA) is 96.1 Å². The number of halogens is 1. The van der Waals surface area contributed by atoms with Crippen molar-refractivity contribution in [1.82, 2.24) is 5.32 Å². The van der Waals surface area contributed by atoms with Crippen LogP contribution in [0, 0.1) is 0 Å². The van der Waals surface area contributed by atoms with Crippen LogP contribution in [-0.2, 0) is 9.59 Å². The number of amides is 2. The highest BCUT2D eigenvalue weighted by Gasteiger charge is 2.32. The Labute approximate surface area is 187 Å². The normalized spacial score (nSPS) is 17.3. The Kier molecular flexibility index (Phi) is 6.49. The number of hydrogen-bond acceptors (Lipinski definition) is 6. The lowest BCUT2D eigenvalue weighted by atomic mass is 10.2. The summed E-state index contributed by atoms with van der Waals surface area (Å²) >= 11 is 7.34. The van der Waals surface area contributed by atoms with Crippen molar-refractivity contribution < 1.29 is 14.0 Å². The molecule has 1 saturated heterocycles. The van der Waals surface area contributed by atoms with E-state index in [-0.39, 0.29) is 18.2 Å². The molecule has 1 aliphatic rings. The number of furan rings is 1. The second kappa shape index (κ2) is 9.63. The largest absolute Gasteiger partial charge is 0.455 e.